The Labute approximate surface area is 169 Å². The Morgan fingerprint density at radius 3 is 2.79 bits per heavy atom. The minimum absolute atomic E-state index is 0.141. The number of thioether (sulfide) groups is 1. The second kappa shape index (κ2) is 8.29. The fraction of sp³-hybridized carbons (Fsp3) is 0.158. The Balaban J connectivity index is 1.32. The average Bonchev–Trinajstić information content (AvgIpc) is 3.19. The maximum atomic E-state index is 12.4. The van der Waals surface area contributed by atoms with Crippen LogP contribution in [-0.2, 0) is 10.5 Å². The molecule has 140 valence electrons. The zero-order valence-electron chi connectivity index (χ0n) is 14.5. The van der Waals surface area contributed by atoms with Crippen LogP contribution in [0, 0.1) is 11.3 Å². The maximum Gasteiger partial charge on any atom is 0.270 e. The summed E-state index contributed by atoms with van der Waals surface area (Å²) in [5.41, 5.74) is 1.71. The molecule has 0 radical (unpaired) electrons. The van der Waals surface area contributed by atoms with Gasteiger partial charge in [-0.25, -0.2) is 0 Å². The Morgan fingerprint density at radius 2 is 2.00 bits per heavy atom. The lowest BCUT2D eigenvalue weighted by Crippen LogP contribution is -2.40. The highest BCUT2D eigenvalue weighted by atomic mass is 32.2. The van der Waals surface area contributed by atoms with Gasteiger partial charge in [0.1, 0.15) is 6.61 Å². The highest BCUT2D eigenvalue weighted by Crippen LogP contribution is 2.32. The second-order valence-corrected chi connectivity index (χ2v) is 8.02. The summed E-state index contributed by atoms with van der Waals surface area (Å²) in [5, 5.41) is 20.1. The monoisotopic (exact) mass is 410 g/mol. The summed E-state index contributed by atoms with van der Waals surface area (Å²) < 4.78 is 12.0. The standard InChI is InChI=1S/C19H14N4O3S2/c20-9-12-5-7-13(8-6-12)11-27-19-23-22-18(28-19)21-17(24)16-10-25-14-3-1-2-4-15(14)26-16/h1-8,16H,10-11H2,(H,21,22,24)/t16-/m0/s1. The molecule has 0 bridgehead atoms. The van der Waals surface area contributed by atoms with Crippen LogP contribution in [0.15, 0.2) is 52.9 Å². The van der Waals surface area contributed by atoms with Crippen LogP contribution in [0.25, 0.3) is 0 Å². The van der Waals surface area contributed by atoms with Crippen molar-refractivity contribution in [3.63, 3.8) is 0 Å². The maximum absolute atomic E-state index is 12.4. The summed E-state index contributed by atoms with van der Waals surface area (Å²) >= 11 is 2.81. The first kappa shape index (κ1) is 18.3. The predicted octanol–water partition coefficient (Wildman–Crippen LogP) is 3.48. The van der Waals surface area contributed by atoms with Crippen molar-refractivity contribution in [3.05, 3.63) is 59.7 Å². The van der Waals surface area contributed by atoms with Crippen molar-refractivity contribution >= 4 is 34.1 Å². The molecule has 1 aromatic heterocycles. The molecule has 0 fully saturated rings. The summed E-state index contributed by atoms with van der Waals surface area (Å²) in [5.74, 6) is 1.55. The van der Waals surface area contributed by atoms with Crippen LogP contribution in [0.5, 0.6) is 11.5 Å². The summed E-state index contributed by atoms with van der Waals surface area (Å²) in [6.45, 7) is 0.141. The molecule has 28 heavy (non-hydrogen) atoms. The van der Waals surface area contributed by atoms with E-state index in [1.807, 2.05) is 24.3 Å². The largest absolute Gasteiger partial charge is 0.485 e. The van der Waals surface area contributed by atoms with E-state index in [0.29, 0.717) is 27.9 Å². The Kier molecular flexibility index (Phi) is 5.41. The number of benzene rings is 2. The third-order valence-corrected chi connectivity index (χ3v) is 5.93. The Bertz CT molecular complexity index is 1030. The van der Waals surface area contributed by atoms with Gasteiger partial charge in [-0.05, 0) is 29.8 Å². The first-order chi connectivity index (χ1) is 13.7. The minimum atomic E-state index is -0.742. The van der Waals surface area contributed by atoms with E-state index >= 15 is 0 Å². The highest BCUT2D eigenvalue weighted by molar-refractivity contribution is 8.00. The fourth-order valence-electron chi connectivity index (χ4n) is 2.47. The molecular weight excluding hydrogens is 396 g/mol. The van der Waals surface area contributed by atoms with Crippen LogP contribution in [0.4, 0.5) is 5.13 Å². The number of ether oxygens (including phenoxy) is 2. The molecule has 0 saturated carbocycles. The molecule has 1 N–H and O–H groups in total. The number of hydrogen-bond donors (Lipinski definition) is 1. The topological polar surface area (TPSA) is 97.1 Å². The lowest BCUT2D eigenvalue weighted by Gasteiger charge is -2.25. The Hall–Kier alpha value is -3.09. The SMILES string of the molecule is N#Cc1ccc(CSc2nnc(NC(=O)[C@@H]3COc4ccccc4O3)s2)cc1. The average molecular weight is 410 g/mol. The van der Waals surface area contributed by atoms with E-state index in [2.05, 4.69) is 21.6 Å². The fourth-order valence-corrected chi connectivity index (χ4v) is 4.18. The molecule has 1 aliphatic rings. The van der Waals surface area contributed by atoms with Crippen molar-refractivity contribution in [3.8, 4) is 17.6 Å². The molecule has 0 aliphatic carbocycles. The van der Waals surface area contributed by atoms with Crippen molar-refractivity contribution in [2.45, 2.75) is 16.2 Å². The number of nitrogens with one attached hydrogen (secondary N) is 1. The summed E-state index contributed by atoms with van der Waals surface area (Å²) in [4.78, 5) is 12.4. The van der Waals surface area contributed by atoms with Gasteiger partial charge in [0.25, 0.3) is 5.91 Å². The third-order valence-electron chi connectivity index (χ3n) is 3.88. The zero-order chi connectivity index (χ0) is 19.3. The zero-order valence-corrected chi connectivity index (χ0v) is 16.1. The van der Waals surface area contributed by atoms with Crippen molar-refractivity contribution < 1.29 is 14.3 Å². The number of rotatable bonds is 5. The number of anilines is 1. The molecule has 2 heterocycles. The van der Waals surface area contributed by atoms with E-state index in [4.69, 9.17) is 14.7 Å². The molecule has 1 aliphatic heterocycles. The van der Waals surface area contributed by atoms with Gasteiger partial charge in [0.15, 0.2) is 15.8 Å². The van der Waals surface area contributed by atoms with E-state index in [0.717, 1.165) is 9.90 Å². The molecular formula is C19H14N4O3S2. The number of carbonyl (C=O) groups is 1. The molecule has 3 aromatic rings. The normalized spacial score (nSPS) is 14.9. The van der Waals surface area contributed by atoms with Gasteiger partial charge in [0.2, 0.25) is 11.2 Å². The van der Waals surface area contributed by atoms with Gasteiger partial charge in [-0.1, -0.05) is 47.4 Å². The molecule has 4 rings (SSSR count). The van der Waals surface area contributed by atoms with Gasteiger partial charge in [0, 0.05) is 5.75 Å². The third kappa shape index (κ3) is 4.24. The van der Waals surface area contributed by atoms with Crippen molar-refractivity contribution in [1.29, 1.82) is 5.26 Å². The van der Waals surface area contributed by atoms with E-state index in [9.17, 15) is 4.79 Å². The van der Waals surface area contributed by atoms with Gasteiger partial charge >= 0.3 is 0 Å². The number of carbonyl (C=O) groups excluding carboxylic acids is 1. The molecule has 2 aromatic carbocycles. The van der Waals surface area contributed by atoms with Crippen LogP contribution in [0.3, 0.4) is 0 Å². The number of amides is 1. The van der Waals surface area contributed by atoms with Gasteiger partial charge in [-0.15, -0.1) is 10.2 Å². The Morgan fingerprint density at radius 1 is 1.21 bits per heavy atom. The first-order valence-electron chi connectivity index (χ1n) is 8.36. The van der Waals surface area contributed by atoms with Gasteiger partial charge in [-0.2, -0.15) is 5.26 Å². The smallest absolute Gasteiger partial charge is 0.270 e. The van der Waals surface area contributed by atoms with Crippen molar-refractivity contribution in [2.24, 2.45) is 0 Å². The van der Waals surface area contributed by atoms with Crippen LogP contribution in [0.1, 0.15) is 11.1 Å². The number of nitriles is 1. The van der Waals surface area contributed by atoms with Crippen molar-refractivity contribution in [2.75, 3.05) is 11.9 Å². The summed E-state index contributed by atoms with van der Waals surface area (Å²) in [6.07, 6.45) is -0.742. The lowest BCUT2D eigenvalue weighted by atomic mass is 10.2. The number of nitrogens with zero attached hydrogens (tertiary/aromatic N) is 3. The van der Waals surface area contributed by atoms with Crippen molar-refractivity contribution in [1.82, 2.24) is 10.2 Å². The van der Waals surface area contributed by atoms with Gasteiger partial charge in [0.05, 0.1) is 11.6 Å². The molecule has 1 atom stereocenters. The summed E-state index contributed by atoms with van der Waals surface area (Å²) in [6, 6.07) is 16.7. The van der Waals surface area contributed by atoms with E-state index in [1.54, 1.807) is 24.3 Å². The number of para-hydroxylation sites is 2. The lowest BCUT2D eigenvalue weighted by molar-refractivity contribution is -0.125. The second-order valence-electron chi connectivity index (χ2n) is 5.82. The summed E-state index contributed by atoms with van der Waals surface area (Å²) in [7, 11) is 0. The number of fused-ring (bicyclic) bond motifs is 1. The van der Waals surface area contributed by atoms with E-state index in [-0.39, 0.29) is 12.5 Å². The number of aromatic nitrogens is 2. The quantitative estimate of drug-likeness (QED) is 0.508. The van der Waals surface area contributed by atoms with Crippen LogP contribution < -0.4 is 14.8 Å². The van der Waals surface area contributed by atoms with E-state index in [1.165, 1.54) is 23.1 Å². The number of hydrogen-bond acceptors (Lipinski definition) is 8. The van der Waals surface area contributed by atoms with Gasteiger partial charge < -0.3 is 9.47 Å². The predicted molar refractivity (Wildman–Crippen MR) is 106 cm³/mol. The first-order valence-corrected chi connectivity index (χ1v) is 10.2. The molecule has 1 amide bonds. The highest BCUT2D eigenvalue weighted by Gasteiger charge is 2.28. The molecule has 0 saturated heterocycles. The van der Waals surface area contributed by atoms with Crippen LogP contribution in [-0.4, -0.2) is 28.8 Å². The van der Waals surface area contributed by atoms with Crippen LogP contribution >= 0.6 is 23.1 Å². The van der Waals surface area contributed by atoms with E-state index < -0.39 is 6.10 Å². The molecule has 0 spiro atoms. The molecule has 9 heteroatoms. The van der Waals surface area contributed by atoms with Gasteiger partial charge in [-0.3, -0.25) is 10.1 Å². The van der Waals surface area contributed by atoms with Crippen LogP contribution in [0.2, 0.25) is 0 Å². The minimum Gasteiger partial charge on any atom is -0.485 e. The molecule has 0 unspecified atom stereocenters. The molecule has 7 nitrogen and oxygen atoms in total.